The number of carbonyl (C=O) groups is 1. The van der Waals surface area contributed by atoms with Crippen molar-refractivity contribution < 1.29 is 15.1 Å². The first-order chi connectivity index (χ1) is 5.29. The van der Waals surface area contributed by atoms with E-state index >= 15 is 0 Å². The summed E-state index contributed by atoms with van der Waals surface area (Å²) in [4.78, 5) is 20.5. The van der Waals surface area contributed by atoms with Crippen molar-refractivity contribution in [1.29, 1.82) is 0 Å². The standard InChI is InChI=1S/C8H7NO2.H2O/c9-8-6(4-10)2-1-3-7(8)5-11;/h1-4,8H,9H2;1H2. The summed E-state index contributed by atoms with van der Waals surface area (Å²) in [7, 11) is 0. The summed E-state index contributed by atoms with van der Waals surface area (Å²) in [5, 5.41) is 0. The van der Waals surface area contributed by atoms with E-state index in [-0.39, 0.29) is 5.48 Å². The minimum absolute atomic E-state index is 0. The summed E-state index contributed by atoms with van der Waals surface area (Å²) in [5.74, 6) is 1.67. The summed E-state index contributed by atoms with van der Waals surface area (Å²) in [6.45, 7) is 0. The van der Waals surface area contributed by atoms with E-state index in [4.69, 9.17) is 5.73 Å². The van der Waals surface area contributed by atoms with Gasteiger partial charge in [0, 0.05) is 5.57 Å². The first-order valence-electron chi connectivity index (χ1n) is 3.13. The van der Waals surface area contributed by atoms with Crippen molar-refractivity contribution in [2.75, 3.05) is 0 Å². The molecule has 1 atom stereocenters. The van der Waals surface area contributed by atoms with Crippen LogP contribution in [0.3, 0.4) is 0 Å². The average molecular weight is 167 g/mol. The van der Waals surface area contributed by atoms with Crippen LogP contribution < -0.4 is 5.73 Å². The molecule has 0 fully saturated rings. The number of carbonyl (C=O) groups excluding carboxylic acids is 2. The third-order valence-electron chi connectivity index (χ3n) is 1.51. The van der Waals surface area contributed by atoms with Crippen LogP contribution in [0.15, 0.2) is 29.4 Å². The van der Waals surface area contributed by atoms with Gasteiger partial charge in [-0.05, 0) is 6.08 Å². The third kappa shape index (κ3) is 1.77. The monoisotopic (exact) mass is 167 g/mol. The summed E-state index contributed by atoms with van der Waals surface area (Å²) >= 11 is 0. The normalized spacial score (nSPS) is 20.6. The van der Waals surface area contributed by atoms with E-state index in [0.717, 1.165) is 0 Å². The number of nitrogens with two attached hydrogens (primary N) is 1. The zero-order valence-electron chi connectivity index (χ0n) is 6.28. The molecule has 0 bridgehead atoms. The Kier molecular flexibility index (Phi) is 3.86. The first-order valence-corrected chi connectivity index (χ1v) is 3.13. The molecule has 0 saturated heterocycles. The largest absolute Gasteiger partial charge is 0.412 e. The molecule has 1 aliphatic rings. The topological polar surface area (TPSA) is 91.7 Å². The fraction of sp³-hybridized carbons (Fsp3) is 0.125. The molecule has 0 radical (unpaired) electrons. The summed E-state index contributed by atoms with van der Waals surface area (Å²) < 4.78 is 0. The summed E-state index contributed by atoms with van der Waals surface area (Å²) in [6.07, 6.45) is 5.38. The molecule has 0 spiro atoms. The molecule has 0 aromatic rings. The van der Waals surface area contributed by atoms with Gasteiger partial charge in [-0.1, -0.05) is 12.2 Å². The SMILES string of the molecule is NC1C(=C=O)C=CC=C1C=O.O. The lowest BCUT2D eigenvalue weighted by molar-refractivity contribution is -0.105. The molecule has 0 saturated carbocycles. The Hall–Kier alpha value is -1.48. The van der Waals surface area contributed by atoms with Crippen LogP contribution in [-0.4, -0.2) is 23.7 Å². The zero-order valence-corrected chi connectivity index (χ0v) is 6.28. The van der Waals surface area contributed by atoms with Crippen LogP contribution in [0.4, 0.5) is 0 Å². The van der Waals surface area contributed by atoms with Gasteiger partial charge in [0.15, 0.2) is 0 Å². The smallest absolute Gasteiger partial charge is 0.147 e. The Morgan fingerprint density at radius 2 is 2.25 bits per heavy atom. The number of allylic oxidation sites excluding steroid dienone is 2. The van der Waals surface area contributed by atoms with Crippen molar-refractivity contribution in [3.8, 4) is 0 Å². The van der Waals surface area contributed by atoms with E-state index in [2.05, 4.69) is 0 Å². The van der Waals surface area contributed by atoms with Crippen molar-refractivity contribution in [2.45, 2.75) is 6.04 Å². The van der Waals surface area contributed by atoms with Gasteiger partial charge in [-0.15, -0.1) is 0 Å². The van der Waals surface area contributed by atoms with E-state index in [1.165, 1.54) is 0 Å². The van der Waals surface area contributed by atoms with E-state index < -0.39 is 6.04 Å². The third-order valence-corrected chi connectivity index (χ3v) is 1.51. The van der Waals surface area contributed by atoms with Crippen molar-refractivity contribution in [2.24, 2.45) is 5.73 Å². The Morgan fingerprint density at radius 1 is 1.58 bits per heavy atom. The molecule has 0 heterocycles. The quantitative estimate of drug-likeness (QED) is 0.398. The fourth-order valence-electron chi connectivity index (χ4n) is 0.860. The highest BCUT2D eigenvalue weighted by Crippen LogP contribution is 2.11. The lowest BCUT2D eigenvalue weighted by Gasteiger charge is -2.11. The average Bonchev–Trinajstić information content (AvgIpc) is 2.05. The zero-order chi connectivity index (χ0) is 8.27. The fourth-order valence-corrected chi connectivity index (χ4v) is 0.860. The molecular weight excluding hydrogens is 158 g/mol. The number of rotatable bonds is 1. The maximum absolute atomic E-state index is 10.3. The predicted molar refractivity (Wildman–Crippen MR) is 44.1 cm³/mol. The highest BCUT2D eigenvalue weighted by molar-refractivity contribution is 5.81. The second-order valence-electron chi connectivity index (χ2n) is 2.18. The van der Waals surface area contributed by atoms with Crippen molar-refractivity contribution in [1.82, 2.24) is 0 Å². The van der Waals surface area contributed by atoms with Crippen LogP contribution in [-0.2, 0) is 9.59 Å². The molecule has 0 aromatic carbocycles. The Balaban J connectivity index is 0.00000121. The molecule has 1 aliphatic carbocycles. The van der Waals surface area contributed by atoms with Gasteiger partial charge in [0.2, 0.25) is 0 Å². The second-order valence-corrected chi connectivity index (χ2v) is 2.18. The minimum Gasteiger partial charge on any atom is -0.412 e. The van der Waals surface area contributed by atoms with Gasteiger partial charge < -0.3 is 11.2 Å². The van der Waals surface area contributed by atoms with Crippen LogP contribution >= 0.6 is 0 Å². The highest BCUT2D eigenvalue weighted by atomic mass is 16.1. The van der Waals surface area contributed by atoms with Crippen molar-refractivity contribution in [3.63, 3.8) is 0 Å². The van der Waals surface area contributed by atoms with Crippen LogP contribution in [0, 0.1) is 0 Å². The predicted octanol–water partition coefficient (Wildman–Crippen LogP) is -1.06. The van der Waals surface area contributed by atoms with Gasteiger partial charge in [0.25, 0.3) is 0 Å². The van der Waals surface area contributed by atoms with Crippen LogP contribution in [0.1, 0.15) is 0 Å². The van der Waals surface area contributed by atoms with E-state index in [1.807, 2.05) is 0 Å². The lowest BCUT2D eigenvalue weighted by atomic mass is 9.97. The molecule has 4 heteroatoms. The maximum atomic E-state index is 10.3. The Labute approximate surface area is 69.4 Å². The minimum atomic E-state index is -0.602. The lowest BCUT2D eigenvalue weighted by Crippen LogP contribution is -2.27. The van der Waals surface area contributed by atoms with Gasteiger partial charge in [0.1, 0.15) is 12.2 Å². The number of aldehydes is 1. The van der Waals surface area contributed by atoms with Gasteiger partial charge in [0.05, 0.1) is 11.6 Å². The summed E-state index contributed by atoms with van der Waals surface area (Å²) in [6, 6.07) is -0.602. The molecule has 4 nitrogen and oxygen atoms in total. The molecule has 0 aromatic heterocycles. The van der Waals surface area contributed by atoms with Crippen molar-refractivity contribution >= 4 is 12.2 Å². The Morgan fingerprint density at radius 3 is 2.75 bits per heavy atom. The Bertz CT molecular complexity index is 285. The molecule has 0 amide bonds. The maximum Gasteiger partial charge on any atom is 0.147 e. The van der Waals surface area contributed by atoms with Gasteiger partial charge in [-0.2, -0.15) is 0 Å². The van der Waals surface area contributed by atoms with Crippen LogP contribution in [0.25, 0.3) is 0 Å². The molecule has 0 aliphatic heterocycles. The van der Waals surface area contributed by atoms with Gasteiger partial charge >= 0.3 is 0 Å². The van der Waals surface area contributed by atoms with Crippen LogP contribution in [0.2, 0.25) is 0 Å². The highest BCUT2D eigenvalue weighted by Gasteiger charge is 2.14. The van der Waals surface area contributed by atoms with Crippen molar-refractivity contribution in [3.05, 3.63) is 29.4 Å². The molecule has 64 valence electrons. The molecule has 1 rings (SSSR count). The molecule has 1 unspecified atom stereocenters. The van der Waals surface area contributed by atoms with E-state index in [0.29, 0.717) is 17.4 Å². The van der Waals surface area contributed by atoms with Crippen LogP contribution in [0.5, 0.6) is 0 Å². The molecule has 12 heavy (non-hydrogen) atoms. The van der Waals surface area contributed by atoms with Gasteiger partial charge in [-0.3, -0.25) is 4.79 Å². The second kappa shape index (κ2) is 4.41. The number of hydrogen-bond donors (Lipinski definition) is 1. The molecular formula is C8H9NO3. The summed E-state index contributed by atoms with van der Waals surface area (Å²) in [5.41, 5.74) is 6.22. The molecule has 4 N–H and O–H groups in total. The van der Waals surface area contributed by atoms with E-state index in [1.54, 1.807) is 24.2 Å². The number of hydrogen-bond acceptors (Lipinski definition) is 3. The first kappa shape index (κ1) is 10.5. The van der Waals surface area contributed by atoms with Gasteiger partial charge in [-0.25, -0.2) is 4.79 Å². The van der Waals surface area contributed by atoms with E-state index in [9.17, 15) is 9.59 Å².